The maximum Gasteiger partial charge on any atom is 0.417 e. The number of hydrogen-bond donors (Lipinski definition) is 2. The Morgan fingerprint density at radius 3 is 2.44 bits per heavy atom. The van der Waals surface area contributed by atoms with Crippen molar-refractivity contribution in [1.82, 2.24) is 5.32 Å². The maximum absolute atomic E-state index is 12.9. The minimum absolute atomic E-state index is 0.444. The Kier molecular flexibility index (Phi) is 5.84. The number of anilines is 1. The predicted octanol–water partition coefficient (Wildman–Crippen LogP) is 4.14. The fourth-order valence-corrected chi connectivity index (χ4v) is 2.62. The first-order chi connectivity index (χ1) is 11.7. The van der Waals surface area contributed by atoms with Gasteiger partial charge in [-0.1, -0.05) is 28.1 Å². The Balaban J connectivity index is 2.02. The molecule has 0 aliphatic carbocycles. The Morgan fingerprint density at radius 1 is 1.12 bits per heavy atom. The van der Waals surface area contributed by atoms with Crippen LogP contribution >= 0.6 is 15.9 Å². The number of carbonyl (C=O) groups excluding carboxylic acids is 2. The van der Waals surface area contributed by atoms with E-state index in [-0.39, 0.29) is 0 Å². The Hall–Kier alpha value is -2.35. The van der Waals surface area contributed by atoms with E-state index in [4.69, 9.17) is 0 Å². The van der Waals surface area contributed by atoms with Gasteiger partial charge in [-0.05, 0) is 42.8 Å². The summed E-state index contributed by atoms with van der Waals surface area (Å²) in [5, 5.41) is 4.79. The molecule has 0 saturated heterocycles. The van der Waals surface area contributed by atoms with Gasteiger partial charge in [-0.3, -0.25) is 9.59 Å². The number of hydrogen-bond acceptors (Lipinski definition) is 2. The number of carbonyl (C=O) groups is 2. The second kappa shape index (κ2) is 7.69. The molecule has 0 heterocycles. The fraction of sp³-hybridized carbons (Fsp3) is 0.176. The molecule has 0 aliphatic rings. The van der Waals surface area contributed by atoms with E-state index < -0.39 is 35.7 Å². The van der Waals surface area contributed by atoms with Crippen molar-refractivity contribution in [2.75, 3.05) is 11.9 Å². The zero-order chi connectivity index (χ0) is 18.6. The Morgan fingerprint density at radius 2 is 1.80 bits per heavy atom. The molecular weight excluding hydrogens is 401 g/mol. The highest BCUT2D eigenvalue weighted by molar-refractivity contribution is 9.10. The van der Waals surface area contributed by atoms with E-state index in [0.717, 1.165) is 22.2 Å². The van der Waals surface area contributed by atoms with Crippen molar-refractivity contribution in [3.05, 3.63) is 63.6 Å². The lowest BCUT2D eigenvalue weighted by Crippen LogP contribution is -2.34. The zero-order valence-electron chi connectivity index (χ0n) is 13.1. The monoisotopic (exact) mass is 414 g/mol. The maximum atomic E-state index is 12.9. The summed E-state index contributed by atoms with van der Waals surface area (Å²) >= 11 is 3.30. The molecule has 2 rings (SSSR count). The van der Waals surface area contributed by atoms with Gasteiger partial charge in [0, 0.05) is 10.2 Å². The fourth-order valence-electron chi connectivity index (χ4n) is 2.15. The lowest BCUT2D eigenvalue weighted by Gasteiger charge is -2.13. The van der Waals surface area contributed by atoms with Gasteiger partial charge in [0.2, 0.25) is 5.91 Å². The third-order valence-electron chi connectivity index (χ3n) is 3.35. The van der Waals surface area contributed by atoms with Crippen LogP contribution in [0.25, 0.3) is 0 Å². The van der Waals surface area contributed by atoms with Gasteiger partial charge in [-0.2, -0.15) is 13.2 Å². The van der Waals surface area contributed by atoms with Crippen molar-refractivity contribution in [3.8, 4) is 0 Å². The molecule has 2 aromatic rings. The predicted molar refractivity (Wildman–Crippen MR) is 91.3 cm³/mol. The number of aryl methyl sites for hydroxylation is 1. The van der Waals surface area contributed by atoms with Crippen molar-refractivity contribution in [1.29, 1.82) is 0 Å². The van der Waals surface area contributed by atoms with Crippen molar-refractivity contribution >= 4 is 33.4 Å². The van der Waals surface area contributed by atoms with Crippen LogP contribution in [0.15, 0.2) is 46.9 Å². The first kappa shape index (κ1) is 19.0. The molecule has 2 N–H and O–H groups in total. The van der Waals surface area contributed by atoms with Crippen molar-refractivity contribution in [2.45, 2.75) is 13.1 Å². The molecule has 0 radical (unpaired) electrons. The van der Waals surface area contributed by atoms with Crippen LogP contribution in [0, 0.1) is 6.92 Å². The van der Waals surface area contributed by atoms with Crippen LogP contribution in [0.5, 0.6) is 0 Å². The second-order valence-electron chi connectivity index (χ2n) is 5.23. The van der Waals surface area contributed by atoms with Crippen molar-refractivity contribution in [3.63, 3.8) is 0 Å². The summed E-state index contributed by atoms with van der Waals surface area (Å²) < 4.78 is 39.6. The number of alkyl halides is 3. The van der Waals surface area contributed by atoms with Crippen LogP contribution in [-0.4, -0.2) is 18.4 Å². The smallest absolute Gasteiger partial charge is 0.343 e. The highest BCUT2D eigenvalue weighted by atomic mass is 79.9. The van der Waals surface area contributed by atoms with Gasteiger partial charge in [0.05, 0.1) is 17.7 Å². The minimum atomic E-state index is -4.65. The molecule has 132 valence electrons. The normalized spacial score (nSPS) is 11.1. The highest BCUT2D eigenvalue weighted by Gasteiger charge is 2.34. The number of nitrogens with one attached hydrogen (secondary N) is 2. The molecular formula is C17H14BrF3N2O2. The molecule has 0 atom stereocenters. The Bertz CT molecular complexity index is 807. The molecule has 0 aliphatic heterocycles. The number of rotatable bonds is 4. The van der Waals surface area contributed by atoms with Crippen LogP contribution in [0.4, 0.5) is 18.9 Å². The lowest BCUT2D eigenvalue weighted by molar-refractivity contribution is -0.137. The highest BCUT2D eigenvalue weighted by Crippen LogP contribution is 2.31. The quantitative estimate of drug-likeness (QED) is 0.789. The van der Waals surface area contributed by atoms with Gasteiger partial charge in [0.25, 0.3) is 5.91 Å². The van der Waals surface area contributed by atoms with E-state index in [1.165, 1.54) is 12.1 Å². The molecule has 0 unspecified atom stereocenters. The van der Waals surface area contributed by atoms with Crippen LogP contribution in [0.3, 0.4) is 0 Å². The van der Waals surface area contributed by atoms with Gasteiger partial charge < -0.3 is 10.6 Å². The molecule has 0 bridgehead atoms. The third-order valence-corrected chi connectivity index (χ3v) is 3.84. The molecule has 0 aromatic heterocycles. The summed E-state index contributed by atoms with van der Waals surface area (Å²) in [6.45, 7) is 1.35. The van der Waals surface area contributed by atoms with Gasteiger partial charge in [0.15, 0.2) is 0 Å². The first-order valence-electron chi connectivity index (χ1n) is 7.19. The zero-order valence-corrected chi connectivity index (χ0v) is 14.7. The molecule has 0 spiro atoms. The van der Waals surface area contributed by atoms with E-state index in [1.807, 2.05) is 0 Å². The molecule has 4 nitrogen and oxygen atoms in total. The van der Waals surface area contributed by atoms with Gasteiger partial charge in [0.1, 0.15) is 0 Å². The van der Waals surface area contributed by atoms with Gasteiger partial charge >= 0.3 is 6.18 Å². The van der Waals surface area contributed by atoms with E-state index in [2.05, 4.69) is 26.6 Å². The average molecular weight is 415 g/mol. The average Bonchev–Trinajstić information content (AvgIpc) is 2.54. The minimum Gasteiger partial charge on any atom is -0.343 e. The largest absolute Gasteiger partial charge is 0.417 e. The third kappa shape index (κ3) is 5.06. The topological polar surface area (TPSA) is 58.2 Å². The molecule has 0 fully saturated rings. The van der Waals surface area contributed by atoms with Gasteiger partial charge in [-0.15, -0.1) is 0 Å². The standard InChI is InChI=1S/C17H14BrF3N2O2/c1-10-8-11(18)6-7-14(10)23-15(24)9-22-16(25)12-4-2-3-5-13(12)17(19,20)21/h2-8H,9H2,1H3,(H,22,25)(H,23,24). The number of amides is 2. The summed E-state index contributed by atoms with van der Waals surface area (Å²) in [7, 11) is 0. The number of halogens is 4. The Labute approximate surface area is 150 Å². The summed E-state index contributed by atoms with van der Waals surface area (Å²) in [6, 6.07) is 9.62. The van der Waals surface area contributed by atoms with E-state index in [1.54, 1.807) is 25.1 Å². The van der Waals surface area contributed by atoms with E-state index in [0.29, 0.717) is 5.69 Å². The molecule has 25 heavy (non-hydrogen) atoms. The summed E-state index contributed by atoms with van der Waals surface area (Å²) in [5.74, 6) is -1.50. The molecule has 8 heteroatoms. The summed E-state index contributed by atoms with van der Waals surface area (Å²) in [5.41, 5.74) is -0.214. The number of benzene rings is 2. The van der Waals surface area contributed by atoms with Gasteiger partial charge in [-0.25, -0.2) is 0 Å². The van der Waals surface area contributed by atoms with E-state index in [9.17, 15) is 22.8 Å². The summed E-state index contributed by atoms with van der Waals surface area (Å²) in [4.78, 5) is 23.9. The second-order valence-corrected chi connectivity index (χ2v) is 6.15. The first-order valence-corrected chi connectivity index (χ1v) is 7.98. The van der Waals surface area contributed by atoms with Crippen LogP contribution in [-0.2, 0) is 11.0 Å². The molecule has 2 aromatic carbocycles. The van der Waals surface area contributed by atoms with E-state index >= 15 is 0 Å². The molecule has 2 amide bonds. The van der Waals surface area contributed by atoms with Crippen molar-refractivity contribution < 1.29 is 22.8 Å². The van der Waals surface area contributed by atoms with Crippen LogP contribution < -0.4 is 10.6 Å². The summed E-state index contributed by atoms with van der Waals surface area (Å²) in [6.07, 6.45) is -4.65. The van der Waals surface area contributed by atoms with Crippen molar-refractivity contribution in [2.24, 2.45) is 0 Å². The molecule has 0 saturated carbocycles. The van der Waals surface area contributed by atoms with Crippen LogP contribution in [0.2, 0.25) is 0 Å². The SMILES string of the molecule is Cc1cc(Br)ccc1NC(=O)CNC(=O)c1ccccc1C(F)(F)F. The lowest BCUT2D eigenvalue weighted by atomic mass is 10.1. The van der Waals surface area contributed by atoms with Crippen LogP contribution in [0.1, 0.15) is 21.5 Å².